The second-order valence-corrected chi connectivity index (χ2v) is 4.99. The number of likely N-dealkylation sites (tertiary alicyclic amines) is 1. The molecule has 2 heterocycles. The van der Waals surface area contributed by atoms with Gasteiger partial charge in [-0.1, -0.05) is 0 Å². The molecule has 0 aliphatic carbocycles. The Hall–Kier alpha value is -1.81. The van der Waals surface area contributed by atoms with E-state index in [0.29, 0.717) is 6.04 Å². The van der Waals surface area contributed by atoms with Crippen LogP contribution in [0.15, 0.2) is 30.5 Å². The maximum absolute atomic E-state index is 5.96. The first-order valence-electron chi connectivity index (χ1n) is 6.32. The molecule has 1 atom stereocenters. The number of hydrogen-bond acceptors (Lipinski definition) is 4. The first-order chi connectivity index (χ1) is 8.74. The number of nitrogen functional groups attached to an aromatic ring is 1. The van der Waals surface area contributed by atoms with Crippen molar-refractivity contribution in [2.24, 2.45) is 0 Å². The minimum absolute atomic E-state index is 0.516. The molecule has 94 valence electrons. The van der Waals surface area contributed by atoms with E-state index in [1.165, 1.54) is 6.42 Å². The zero-order chi connectivity index (χ0) is 12.5. The number of fused-ring (bicyclic) bond motifs is 1. The van der Waals surface area contributed by atoms with Crippen LogP contribution in [0, 0.1) is 0 Å². The third-order valence-electron chi connectivity index (χ3n) is 3.55. The minimum Gasteiger partial charge on any atom is -0.397 e. The summed E-state index contributed by atoms with van der Waals surface area (Å²) in [6, 6.07) is 8.52. The van der Waals surface area contributed by atoms with Crippen molar-refractivity contribution in [2.45, 2.75) is 12.5 Å². The molecule has 1 aliphatic heterocycles. The van der Waals surface area contributed by atoms with Gasteiger partial charge in [0.1, 0.15) is 0 Å². The standard InChI is InChI=1S/C14H18N4/c1-18-8-6-10(9-18)17-13-5-4-12(15)14-11(13)3-2-7-16-14/h2-5,7,10,17H,6,8-9,15H2,1H3. The van der Waals surface area contributed by atoms with Crippen molar-refractivity contribution in [1.29, 1.82) is 0 Å². The lowest BCUT2D eigenvalue weighted by Crippen LogP contribution is -2.23. The van der Waals surface area contributed by atoms with Gasteiger partial charge in [0.15, 0.2) is 0 Å². The highest BCUT2D eigenvalue weighted by atomic mass is 15.2. The number of nitrogens with one attached hydrogen (secondary N) is 1. The van der Waals surface area contributed by atoms with E-state index >= 15 is 0 Å². The molecule has 1 aromatic carbocycles. The van der Waals surface area contributed by atoms with Crippen LogP contribution in [-0.2, 0) is 0 Å². The summed E-state index contributed by atoms with van der Waals surface area (Å²) in [5.74, 6) is 0. The van der Waals surface area contributed by atoms with Crippen LogP contribution in [0.2, 0.25) is 0 Å². The fraction of sp³-hybridized carbons (Fsp3) is 0.357. The molecule has 4 heteroatoms. The zero-order valence-electron chi connectivity index (χ0n) is 10.6. The molecule has 0 radical (unpaired) electrons. The number of likely N-dealkylation sites (N-methyl/N-ethyl adjacent to an activating group) is 1. The Balaban J connectivity index is 1.95. The second-order valence-electron chi connectivity index (χ2n) is 4.99. The van der Waals surface area contributed by atoms with E-state index < -0.39 is 0 Å². The Bertz CT molecular complexity index is 567. The van der Waals surface area contributed by atoms with Crippen LogP contribution >= 0.6 is 0 Å². The number of nitrogens with two attached hydrogens (primary N) is 1. The number of benzene rings is 1. The van der Waals surface area contributed by atoms with E-state index in [0.717, 1.165) is 35.4 Å². The van der Waals surface area contributed by atoms with Crippen molar-refractivity contribution in [3.05, 3.63) is 30.5 Å². The van der Waals surface area contributed by atoms with Gasteiger partial charge in [-0.15, -0.1) is 0 Å². The van der Waals surface area contributed by atoms with Gasteiger partial charge in [-0.3, -0.25) is 4.98 Å². The van der Waals surface area contributed by atoms with E-state index in [-0.39, 0.29) is 0 Å². The van der Waals surface area contributed by atoms with Crippen LogP contribution in [0.4, 0.5) is 11.4 Å². The lowest BCUT2D eigenvalue weighted by Gasteiger charge is -2.16. The summed E-state index contributed by atoms with van der Waals surface area (Å²) >= 11 is 0. The average Bonchev–Trinajstić information content (AvgIpc) is 2.79. The molecule has 1 saturated heterocycles. The number of hydrogen-bond donors (Lipinski definition) is 2. The van der Waals surface area contributed by atoms with E-state index in [1.54, 1.807) is 6.20 Å². The maximum Gasteiger partial charge on any atom is 0.0951 e. The quantitative estimate of drug-likeness (QED) is 0.790. The average molecular weight is 242 g/mol. The molecule has 3 rings (SSSR count). The van der Waals surface area contributed by atoms with Gasteiger partial charge in [0.05, 0.1) is 11.2 Å². The number of anilines is 2. The fourth-order valence-electron chi connectivity index (χ4n) is 2.59. The summed E-state index contributed by atoms with van der Waals surface area (Å²) in [5.41, 5.74) is 8.71. The predicted octanol–water partition coefficient (Wildman–Crippen LogP) is 1.93. The van der Waals surface area contributed by atoms with Crippen LogP contribution in [0.25, 0.3) is 10.9 Å². The predicted molar refractivity (Wildman–Crippen MR) is 75.7 cm³/mol. The van der Waals surface area contributed by atoms with E-state index in [9.17, 15) is 0 Å². The second kappa shape index (κ2) is 4.46. The summed E-state index contributed by atoms with van der Waals surface area (Å²) in [7, 11) is 2.16. The van der Waals surface area contributed by atoms with Crippen LogP contribution in [-0.4, -0.2) is 36.1 Å². The van der Waals surface area contributed by atoms with E-state index in [1.807, 2.05) is 12.1 Å². The van der Waals surface area contributed by atoms with E-state index in [4.69, 9.17) is 5.73 Å². The van der Waals surface area contributed by atoms with Crippen LogP contribution in [0.3, 0.4) is 0 Å². The Morgan fingerprint density at radius 1 is 1.39 bits per heavy atom. The first-order valence-corrected chi connectivity index (χ1v) is 6.32. The molecule has 2 aromatic rings. The van der Waals surface area contributed by atoms with Crippen molar-refractivity contribution in [3.63, 3.8) is 0 Å². The summed E-state index contributed by atoms with van der Waals surface area (Å²) in [4.78, 5) is 6.70. The third kappa shape index (κ3) is 1.99. The lowest BCUT2D eigenvalue weighted by atomic mass is 10.1. The normalized spacial score (nSPS) is 20.4. The molecule has 0 spiro atoms. The van der Waals surface area contributed by atoms with Crippen molar-refractivity contribution >= 4 is 22.3 Å². The Labute approximate surface area is 107 Å². The molecule has 4 nitrogen and oxygen atoms in total. The molecule has 1 aliphatic rings. The van der Waals surface area contributed by atoms with Crippen molar-refractivity contribution < 1.29 is 0 Å². The smallest absolute Gasteiger partial charge is 0.0951 e. The maximum atomic E-state index is 5.96. The van der Waals surface area contributed by atoms with Gasteiger partial charge in [-0.25, -0.2) is 0 Å². The molecular formula is C14H18N4. The largest absolute Gasteiger partial charge is 0.397 e. The van der Waals surface area contributed by atoms with Gasteiger partial charge >= 0.3 is 0 Å². The van der Waals surface area contributed by atoms with Gasteiger partial charge in [-0.2, -0.15) is 0 Å². The van der Waals surface area contributed by atoms with E-state index in [2.05, 4.69) is 34.4 Å². The molecule has 1 aromatic heterocycles. The molecule has 18 heavy (non-hydrogen) atoms. The number of nitrogens with zero attached hydrogens (tertiary/aromatic N) is 2. The Morgan fingerprint density at radius 3 is 3.06 bits per heavy atom. The molecule has 0 amide bonds. The Kier molecular flexibility index (Phi) is 2.80. The van der Waals surface area contributed by atoms with Gasteiger partial charge in [0, 0.05) is 29.9 Å². The minimum atomic E-state index is 0.516. The highest BCUT2D eigenvalue weighted by Gasteiger charge is 2.19. The highest BCUT2D eigenvalue weighted by molar-refractivity contribution is 5.98. The molecule has 1 fully saturated rings. The molecule has 1 unspecified atom stereocenters. The molecule has 0 saturated carbocycles. The molecular weight excluding hydrogens is 224 g/mol. The Morgan fingerprint density at radius 2 is 2.28 bits per heavy atom. The van der Waals surface area contributed by atoms with Crippen LogP contribution < -0.4 is 11.1 Å². The summed E-state index contributed by atoms with van der Waals surface area (Å²) in [6.45, 7) is 2.24. The molecule has 3 N–H and O–H groups in total. The lowest BCUT2D eigenvalue weighted by molar-refractivity contribution is 0.414. The topological polar surface area (TPSA) is 54.2 Å². The van der Waals surface area contributed by atoms with Gasteiger partial charge < -0.3 is 16.0 Å². The van der Waals surface area contributed by atoms with Crippen LogP contribution in [0.1, 0.15) is 6.42 Å². The monoisotopic (exact) mass is 242 g/mol. The van der Waals surface area contributed by atoms with Gasteiger partial charge in [0.2, 0.25) is 0 Å². The number of rotatable bonds is 2. The zero-order valence-corrected chi connectivity index (χ0v) is 10.6. The number of pyridine rings is 1. The summed E-state index contributed by atoms with van der Waals surface area (Å²) < 4.78 is 0. The summed E-state index contributed by atoms with van der Waals surface area (Å²) in [5, 5.41) is 4.71. The van der Waals surface area contributed by atoms with Gasteiger partial charge in [-0.05, 0) is 44.3 Å². The third-order valence-corrected chi connectivity index (χ3v) is 3.55. The summed E-state index contributed by atoms with van der Waals surface area (Å²) in [6.07, 6.45) is 2.97. The van der Waals surface area contributed by atoms with Crippen molar-refractivity contribution in [1.82, 2.24) is 9.88 Å². The highest BCUT2D eigenvalue weighted by Crippen LogP contribution is 2.27. The SMILES string of the molecule is CN1CCC(Nc2ccc(N)c3ncccc23)C1. The molecule has 0 bridgehead atoms. The van der Waals surface area contributed by atoms with Gasteiger partial charge in [0.25, 0.3) is 0 Å². The fourth-order valence-corrected chi connectivity index (χ4v) is 2.59. The number of aromatic nitrogens is 1. The first kappa shape index (κ1) is 11.3. The van der Waals surface area contributed by atoms with Crippen molar-refractivity contribution in [3.8, 4) is 0 Å². The van der Waals surface area contributed by atoms with Crippen molar-refractivity contribution in [2.75, 3.05) is 31.2 Å². The van der Waals surface area contributed by atoms with Crippen LogP contribution in [0.5, 0.6) is 0 Å².